The summed E-state index contributed by atoms with van der Waals surface area (Å²) in [4.78, 5) is 12.4. The molecule has 0 aliphatic carbocycles. The third kappa shape index (κ3) is 5.44. The minimum absolute atomic E-state index is 0.0460. The largest absolute Gasteiger partial charge is 0.496 e. The highest BCUT2D eigenvalue weighted by Gasteiger charge is 2.12. The molecule has 0 saturated heterocycles. The van der Waals surface area contributed by atoms with Crippen LogP contribution in [-0.2, 0) is 11.3 Å². The number of anilines is 1. The second-order valence-corrected chi connectivity index (χ2v) is 6.43. The van der Waals surface area contributed by atoms with Crippen molar-refractivity contribution in [1.82, 2.24) is 0 Å². The lowest BCUT2D eigenvalue weighted by atomic mass is 10.1. The topological polar surface area (TPSA) is 47.6 Å². The Kier molecular flexibility index (Phi) is 6.79. The van der Waals surface area contributed by atoms with E-state index in [2.05, 4.69) is 19.2 Å². The molecular formula is C19H21ClFNO3. The predicted octanol–water partition coefficient (Wildman–Crippen LogP) is 4.91. The van der Waals surface area contributed by atoms with Crippen molar-refractivity contribution in [2.45, 2.75) is 20.5 Å². The standard InChI is InChI=1S/C19H21ClFNO3/c1-12(2)10-25-11-14-8-13(4-7-18(14)24-3)19(23)22-15-5-6-17(21)16(20)9-15/h4-9,12H,10-11H2,1-3H3,(H,22,23). The molecule has 2 aromatic carbocycles. The summed E-state index contributed by atoms with van der Waals surface area (Å²) >= 11 is 5.73. The van der Waals surface area contributed by atoms with Crippen LogP contribution in [0.1, 0.15) is 29.8 Å². The van der Waals surface area contributed by atoms with E-state index in [0.29, 0.717) is 36.1 Å². The zero-order chi connectivity index (χ0) is 18.4. The first-order valence-corrected chi connectivity index (χ1v) is 8.29. The number of hydrogen-bond acceptors (Lipinski definition) is 3. The van der Waals surface area contributed by atoms with Crippen LogP contribution in [0, 0.1) is 11.7 Å². The monoisotopic (exact) mass is 365 g/mol. The highest BCUT2D eigenvalue weighted by atomic mass is 35.5. The molecule has 0 aliphatic rings. The molecule has 0 radical (unpaired) electrons. The van der Waals surface area contributed by atoms with Gasteiger partial charge in [0.25, 0.3) is 5.91 Å². The lowest BCUT2D eigenvalue weighted by Gasteiger charge is -2.13. The van der Waals surface area contributed by atoms with Gasteiger partial charge in [-0.2, -0.15) is 0 Å². The summed E-state index contributed by atoms with van der Waals surface area (Å²) in [6.07, 6.45) is 0. The molecule has 0 unspecified atom stereocenters. The number of hydrogen-bond donors (Lipinski definition) is 1. The van der Waals surface area contributed by atoms with Gasteiger partial charge < -0.3 is 14.8 Å². The molecule has 0 heterocycles. The van der Waals surface area contributed by atoms with Gasteiger partial charge in [0.05, 0.1) is 18.7 Å². The quantitative estimate of drug-likeness (QED) is 0.758. The molecular weight excluding hydrogens is 345 g/mol. The lowest BCUT2D eigenvalue weighted by Crippen LogP contribution is -2.13. The molecule has 0 saturated carbocycles. The van der Waals surface area contributed by atoms with Crippen LogP contribution in [0.5, 0.6) is 5.75 Å². The van der Waals surface area contributed by atoms with Crippen molar-refractivity contribution in [2.75, 3.05) is 19.0 Å². The summed E-state index contributed by atoms with van der Waals surface area (Å²) in [7, 11) is 1.57. The first-order valence-electron chi connectivity index (χ1n) is 7.91. The van der Waals surface area contributed by atoms with Crippen LogP contribution in [0.25, 0.3) is 0 Å². The van der Waals surface area contributed by atoms with Gasteiger partial charge in [-0.05, 0) is 42.3 Å². The SMILES string of the molecule is COc1ccc(C(=O)Nc2ccc(F)c(Cl)c2)cc1COCC(C)C. The van der Waals surface area contributed by atoms with Crippen LogP contribution < -0.4 is 10.1 Å². The van der Waals surface area contributed by atoms with Crippen LogP contribution in [-0.4, -0.2) is 19.6 Å². The van der Waals surface area contributed by atoms with Crippen molar-refractivity contribution in [2.24, 2.45) is 5.92 Å². The fourth-order valence-electron chi connectivity index (χ4n) is 2.21. The van der Waals surface area contributed by atoms with E-state index in [9.17, 15) is 9.18 Å². The number of carbonyl (C=O) groups excluding carboxylic acids is 1. The van der Waals surface area contributed by atoms with Gasteiger partial charge in [0.2, 0.25) is 0 Å². The molecule has 1 N–H and O–H groups in total. The minimum atomic E-state index is -0.534. The molecule has 0 aromatic heterocycles. The Morgan fingerprint density at radius 2 is 2.00 bits per heavy atom. The summed E-state index contributed by atoms with van der Waals surface area (Å²) in [5, 5.41) is 2.65. The minimum Gasteiger partial charge on any atom is -0.496 e. The molecule has 0 bridgehead atoms. The highest BCUT2D eigenvalue weighted by molar-refractivity contribution is 6.31. The lowest BCUT2D eigenvalue weighted by molar-refractivity contribution is 0.0952. The predicted molar refractivity (Wildman–Crippen MR) is 96.9 cm³/mol. The Morgan fingerprint density at radius 1 is 1.24 bits per heavy atom. The van der Waals surface area contributed by atoms with Gasteiger partial charge >= 0.3 is 0 Å². The van der Waals surface area contributed by atoms with Crippen molar-refractivity contribution in [3.63, 3.8) is 0 Å². The molecule has 25 heavy (non-hydrogen) atoms. The number of amides is 1. The number of carbonyl (C=O) groups is 1. The molecule has 4 nitrogen and oxygen atoms in total. The van der Waals surface area contributed by atoms with Crippen LogP contribution in [0.15, 0.2) is 36.4 Å². The smallest absolute Gasteiger partial charge is 0.255 e. The van der Waals surface area contributed by atoms with Crippen LogP contribution in [0.2, 0.25) is 5.02 Å². The number of nitrogens with one attached hydrogen (secondary N) is 1. The molecule has 0 atom stereocenters. The number of ether oxygens (including phenoxy) is 2. The van der Waals surface area contributed by atoms with Crippen LogP contribution in [0.4, 0.5) is 10.1 Å². The molecule has 2 rings (SSSR count). The van der Waals surface area contributed by atoms with Gasteiger partial charge in [-0.25, -0.2) is 4.39 Å². The number of methoxy groups -OCH3 is 1. The van der Waals surface area contributed by atoms with Crippen molar-refractivity contribution in [3.8, 4) is 5.75 Å². The molecule has 0 fully saturated rings. The molecule has 2 aromatic rings. The summed E-state index contributed by atoms with van der Waals surface area (Å²) < 4.78 is 24.1. The van der Waals surface area contributed by atoms with E-state index in [1.54, 1.807) is 25.3 Å². The Morgan fingerprint density at radius 3 is 2.64 bits per heavy atom. The highest BCUT2D eigenvalue weighted by Crippen LogP contribution is 2.23. The van der Waals surface area contributed by atoms with E-state index in [0.717, 1.165) is 5.56 Å². The third-order valence-electron chi connectivity index (χ3n) is 3.43. The maximum atomic E-state index is 13.2. The van der Waals surface area contributed by atoms with E-state index >= 15 is 0 Å². The Labute approximate surface area is 151 Å². The van der Waals surface area contributed by atoms with Crippen LogP contribution in [0.3, 0.4) is 0 Å². The second kappa shape index (κ2) is 8.83. The second-order valence-electron chi connectivity index (χ2n) is 6.02. The molecule has 1 amide bonds. The van der Waals surface area contributed by atoms with E-state index in [-0.39, 0.29) is 10.9 Å². The normalized spacial score (nSPS) is 10.8. The average Bonchev–Trinajstić information content (AvgIpc) is 2.57. The van der Waals surface area contributed by atoms with Gasteiger partial charge in [0.15, 0.2) is 0 Å². The summed E-state index contributed by atoms with van der Waals surface area (Å²) in [6.45, 7) is 5.10. The molecule has 0 aliphatic heterocycles. The number of rotatable bonds is 7. The van der Waals surface area contributed by atoms with E-state index in [1.807, 2.05) is 0 Å². The van der Waals surface area contributed by atoms with Crippen molar-refractivity contribution >= 4 is 23.2 Å². The molecule has 0 spiro atoms. The van der Waals surface area contributed by atoms with Crippen molar-refractivity contribution < 1.29 is 18.7 Å². The summed E-state index contributed by atoms with van der Waals surface area (Å²) in [5.74, 6) is 0.218. The Balaban J connectivity index is 2.14. The Bertz CT molecular complexity index is 749. The first-order chi connectivity index (χ1) is 11.9. The Hall–Kier alpha value is -2.11. The maximum absolute atomic E-state index is 13.2. The zero-order valence-corrected chi connectivity index (χ0v) is 15.2. The molecule has 6 heteroatoms. The van der Waals surface area contributed by atoms with E-state index < -0.39 is 5.82 Å². The summed E-state index contributed by atoms with van der Waals surface area (Å²) in [5.41, 5.74) is 1.65. The number of benzene rings is 2. The van der Waals surface area contributed by atoms with E-state index in [4.69, 9.17) is 21.1 Å². The van der Waals surface area contributed by atoms with Crippen LogP contribution >= 0.6 is 11.6 Å². The fourth-order valence-corrected chi connectivity index (χ4v) is 2.39. The average molecular weight is 366 g/mol. The van der Waals surface area contributed by atoms with Crippen molar-refractivity contribution in [3.05, 3.63) is 58.4 Å². The third-order valence-corrected chi connectivity index (χ3v) is 3.72. The van der Waals surface area contributed by atoms with E-state index in [1.165, 1.54) is 18.2 Å². The fraction of sp³-hybridized carbons (Fsp3) is 0.316. The van der Waals surface area contributed by atoms with Gasteiger partial charge in [-0.1, -0.05) is 25.4 Å². The van der Waals surface area contributed by atoms with Gasteiger partial charge in [0.1, 0.15) is 11.6 Å². The maximum Gasteiger partial charge on any atom is 0.255 e. The van der Waals surface area contributed by atoms with Crippen molar-refractivity contribution in [1.29, 1.82) is 0 Å². The summed E-state index contributed by atoms with van der Waals surface area (Å²) in [6, 6.07) is 9.13. The van der Waals surface area contributed by atoms with Gasteiger partial charge in [-0.3, -0.25) is 4.79 Å². The van der Waals surface area contributed by atoms with Gasteiger partial charge in [0, 0.05) is 23.4 Å². The first kappa shape index (κ1) is 19.2. The zero-order valence-electron chi connectivity index (χ0n) is 14.4. The number of halogens is 2. The van der Waals surface area contributed by atoms with Gasteiger partial charge in [-0.15, -0.1) is 0 Å². The molecule has 134 valence electrons.